The number of benzene rings is 13. The molecule has 0 aliphatic heterocycles. The smallest absolute Gasteiger partial charge is 0.423 e. The molecule has 11 nitrogen and oxygen atoms in total. The minimum absolute atomic E-state index is 0.202. The van der Waals surface area contributed by atoms with Gasteiger partial charge in [0.05, 0.1) is 5.52 Å². The topological polar surface area (TPSA) is 154 Å². The van der Waals surface area contributed by atoms with Crippen molar-refractivity contribution in [2.75, 3.05) is 0 Å². The van der Waals surface area contributed by atoms with Crippen LogP contribution in [0.15, 0.2) is 345 Å². The molecule has 21 rings (SSSR count). The number of thiophene rings is 3. The Kier molecular flexibility index (Phi) is 19.4. The minimum atomic E-state index is -1.34. The van der Waals surface area contributed by atoms with Crippen molar-refractivity contribution >= 4 is 167 Å². The van der Waals surface area contributed by atoms with Crippen molar-refractivity contribution < 1.29 is 10.0 Å². The van der Waals surface area contributed by atoms with Crippen LogP contribution in [-0.4, -0.2) is 61.6 Å². The van der Waals surface area contributed by atoms with Gasteiger partial charge in [-0.1, -0.05) is 240 Å². The first-order valence-electron chi connectivity index (χ1n) is 34.6. The maximum absolute atomic E-state index is 8.58. The molecule has 8 heterocycles. The monoisotopic (exact) mass is 1520 g/mol. The van der Waals surface area contributed by atoms with Crippen LogP contribution in [0.2, 0.25) is 5.28 Å². The van der Waals surface area contributed by atoms with Gasteiger partial charge in [-0.3, -0.25) is 4.57 Å². The summed E-state index contributed by atoms with van der Waals surface area (Å²) in [6.45, 7) is 0. The zero-order chi connectivity index (χ0) is 72.2. The summed E-state index contributed by atoms with van der Waals surface area (Å²) in [6, 6.07) is 109. The summed E-state index contributed by atoms with van der Waals surface area (Å²) in [5.41, 5.74) is 12.8. The third-order valence-electron chi connectivity index (χ3n) is 18.5. The number of halogens is 2. The number of nitrogens with one attached hydrogen (secondary N) is 2. The third kappa shape index (κ3) is 14.4. The number of aromatic nitrogens is 9. The van der Waals surface area contributed by atoms with Crippen molar-refractivity contribution in [3.63, 3.8) is 0 Å². The van der Waals surface area contributed by atoms with E-state index >= 15 is 0 Å². The fourth-order valence-electron chi connectivity index (χ4n) is 13.4. The van der Waals surface area contributed by atoms with Gasteiger partial charge in [-0.05, 0) is 136 Å². The lowest BCUT2D eigenvalue weighted by Crippen LogP contribution is -2.29. The highest BCUT2D eigenvalue weighted by Crippen LogP contribution is 2.44. The molecule has 13 aromatic carbocycles. The normalized spacial score (nSPS) is 11.2. The molecule has 0 saturated heterocycles. The van der Waals surface area contributed by atoms with Gasteiger partial charge in [0.25, 0.3) is 0 Å². The zero-order valence-corrected chi connectivity index (χ0v) is 61.7. The molecule has 107 heavy (non-hydrogen) atoms. The molecule has 0 radical (unpaired) electrons. The molecule has 0 fully saturated rings. The molecule has 512 valence electrons. The quantitative estimate of drug-likeness (QED) is 0.110. The van der Waals surface area contributed by atoms with E-state index in [-0.39, 0.29) is 5.28 Å². The van der Waals surface area contributed by atoms with Gasteiger partial charge in [0.1, 0.15) is 0 Å². The SMILES string of the molecule is Brc1ccc2sc3ccc4[nH]ccc4c3c2c1.Clc1nc(-c2ccccc2)nc(-c2ccccc2)n1.OB(O)c1ccccc1.c1ccc(-c2ccc3sc4ccc5[nH]ccc5c4c3c2)cc1.c1ccc(-c2ccc3sc4ccc5c(ccn5-c5nc(-c6ccccc6)nc(-c6ccccc6)n5)c4c3c2)cc1. The molecule has 0 saturated carbocycles. The Bertz CT molecular complexity index is 6590. The van der Waals surface area contributed by atoms with Gasteiger partial charge in [0, 0.05) is 133 Å². The standard InChI is InChI=1S/C35H22N4S.C20H13NS.C15H10ClN3.C14H8BrNS.C6H7BO2/c1-4-10-23(11-5-1)26-16-18-30-28(22-26)32-27-20-21-39(29(27)17-19-31(32)40-30)35-37-33(24-12-6-2-7-13-24)36-34(38-35)25-14-8-3-9-15-25;1-2-4-13(5-3-1)14-6-8-18-16(12-14)20-15-10-11-21-17(15)7-9-19(20)22-18;16-15-18-13(11-7-3-1-4-8-11)17-14(19-15)12-9-5-2-6-10-12;15-8-1-3-12-10(7-8)14-9-5-6-16-11(9)2-4-13(14)17-12;8-7(9)6-4-2-1-3-5-6/h1-22H;1-12,21H;1-10H;1-7,16H;1-5,8-9H. The number of hydrogen-bond donors (Lipinski definition) is 4. The average Bonchev–Trinajstić information content (AvgIpc) is 1.60. The molecule has 8 aromatic heterocycles. The first kappa shape index (κ1) is 68.0. The van der Waals surface area contributed by atoms with Crippen molar-refractivity contribution in [1.29, 1.82) is 0 Å². The van der Waals surface area contributed by atoms with Crippen LogP contribution in [-0.2, 0) is 0 Å². The Balaban J connectivity index is 0.000000107. The number of hydrogen-bond acceptors (Lipinski definition) is 11. The highest BCUT2D eigenvalue weighted by molar-refractivity contribution is 9.10. The zero-order valence-electron chi connectivity index (χ0n) is 56.9. The van der Waals surface area contributed by atoms with E-state index in [1.54, 1.807) is 24.3 Å². The molecule has 17 heteroatoms. The molecule has 0 aliphatic carbocycles. The Hall–Kier alpha value is -12.1. The number of H-pyrrole nitrogens is 2. The Morgan fingerprint density at radius 3 is 1.08 bits per heavy atom. The molecular weight excluding hydrogens is 1460 g/mol. The number of nitrogens with zero attached hydrogens (tertiary/aromatic N) is 7. The van der Waals surface area contributed by atoms with E-state index in [0.717, 1.165) is 32.2 Å². The predicted molar refractivity (Wildman–Crippen MR) is 453 cm³/mol. The van der Waals surface area contributed by atoms with Gasteiger partial charge in [-0.15, -0.1) is 34.0 Å². The molecule has 0 unspecified atom stereocenters. The Morgan fingerprint density at radius 1 is 0.318 bits per heavy atom. The van der Waals surface area contributed by atoms with Gasteiger partial charge < -0.3 is 20.0 Å². The van der Waals surface area contributed by atoms with Crippen molar-refractivity contribution in [3.8, 4) is 73.8 Å². The molecule has 0 amide bonds. The van der Waals surface area contributed by atoms with Crippen LogP contribution in [0.25, 0.3) is 167 Å². The summed E-state index contributed by atoms with van der Waals surface area (Å²) in [4.78, 5) is 34.2. The second-order valence-electron chi connectivity index (χ2n) is 25.2. The van der Waals surface area contributed by atoms with Crippen LogP contribution < -0.4 is 5.46 Å². The lowest BCUT2D eigenvalue weighted by atomic mass is 9.81. The van der Waals surface area contributed by atoms with Crippen LogP contribution in [0, 0.1) is 0 Å². The molecular formula is C90H60BBrClN9O2S3. The summed E-state index contributed by atoms with van der Waals surface area (Å²) in [6.07, 6.45) is 6.10. The van der Waals surface area contributed by atoms with E-state index in [9.17, 15) is 0 Å². The second-order valence-corrected chi connectivity index (χ2v) is 29.7. The molecule has 0 atom stereocenters. The van der Waals surface area contributed by atoms with Crippen LogP contribution in [0.1, 0.15) is 0 Å². The molecule has 4 N–H and O–H groups in total. The Labute approximate surface area is 640 Å². The highest BCUT2D eigenvalue weighted by Gasteiger charge is 2.19. The van der Waals surface area contributed by atoms with E-state index in [4.69, 9.17) is 36.6 Å². The summed E-state index contributed by atoms with van der Waals surface area (Å²) in [7, 11) is -1.34. The minimum Gasteiger partial charge on any atom is -0.423 e. The third-order valence-corrected chi connectivity index (χ3v) is 22.6. The van der Waals surface area contributed by atoms with Gasteiger partial charge >= 0.3 is 7.12 Å². The van der Waals surface area contributed by atoms with Crippen molar-refractivity contribution in [2.45, 2.75) is 0 Å². The van der Waals surface area contributed by atoms with E-state index < -0.39 is 7.12 Å². The van der Waals surface area contributed by atoms with Crippen LogP contribution in [0.5, 0.6) is 0 Å². The van der Waals surface area contributed by atoms with Crippen LogP contribution in [0.4, 0.5) is 0 Å². The van der Waals surface area contributed by atoms with Crippen LogP contribution in [0.3, 0.4) is 0 Å². The van der Waals surface area contributed by atoms with Crippen LogP contribution >= 0.6 is 61.5 Å². The van der Waals surface area contributed by atoms with Gasteiger partial charge in [-0.2, -0.15) is 19.9 Å². The summed E-state index contributed by atoms with van der Waals surface area (Å²) < 4.78 is 11.2. The largest absolute Gasteiger partial charge is 0.488 e. The van der Waals surface area contributed by atoms with Crippen molar-refractivity contribution in [2.24, 2.45) is 0 Å². The second kappa shape index (κ2) is 30.5. The number of fused-ring (bicyclic) bond motifs is 15. The lowest BCUT2D eigenvalue weighted by Gasteiger charge is -2.10. The van der Waals surface area contributed by atoms with Crippen molar-refractivity contribution in [3.05, 3.63) is 350 Å². The summed E-state index contributed by atoms with van der Waals surface area (Å²) >= 11 is 15.1. The van der Waals surface area contributed by atoms with Gasteiger partial charge in [-0.25, -0.2) is 9.97 Å². The number of rotatable bonds is 8. The first-order valence-corrected chi connectivity index (χ1v) is 38.2. The number of aromatic amines is 2. The molecule has 0 aliphatic rings. The Morgan fingerprint density at radius 2 is 0.673 bits per heavy atom. The van der Waals surface area contributed by atoms with E-state index in [1.165, 1.54) is 110 Å². The highest BCUT2D eigenvalue weighted by atomic mass is 79.9. The lowest BCUT2D eigenvalue weighted by molar-refractivity contribution is 0.426. The fourth-order valence-corrected chi connectivity index (χ4v) is 17.2. The van der Waals surface area contributed by atoms with E-state index in [1.807, 2.05) is 174 Å². The first-order chi connectivity index (χ1) is 52.7. The van der Waals surface area contributed by atoms with E-state index in [0.29, 0.717) is 34.7 Å². The van der Waals surface area contributed by atoms with Gasteiger partial charge in [0.2, 0.25) is 11.2 Å². The average molecular weight is 1520 g/mol. The maximum Gasteiger partial charge on any atom is 0.488 e. The molecule has 0 bridgehead atoms. The predicted octanol–water partition coefficient (Wildman–Crippen LogP) is 23.9. The maximum atomic E-state index is 8.58. The summed E-state index contributed by atoms with van der Waals surface area (Å²) in [5.74, 6) is 3.08. The fraction of sp³-hybridized carbons (Fsp3) is 0. The van der Waals surface area contributed by atoms with E-state index in [2.05, 4.69) is 221 Å². The van der Waals surface area contributed by atoms with Crippen molar-refractivity contribution in [1.82, 2.24) is 44.4 Å². The van der Waals surface area contributed by atoms with Gasteiger partial charge in [0.15, 0.2) is 23.3 Å². The molecule has 21 aromatic rings. The summed E-state index contributed by atoms with van der Waals surface area (Å²) in [5, 5.41) is 29.2. The molecule has 0 spiro atoms.